The minimum Gasteiger partial charge on any atom is -0.454 e. The van der Waals surface area contributed by atoms with Crippen molar-refractivity contribution in [2.75, 3.05) is 6.79 Å². The molecule has 4 fully saturated rings. The lowest BCUT2D eigenvalue weighted by Gasteiger charge is -2.61. The third-order valence-corrected chi connectivity index (χ3v) is 10.2. The number of piperazine rings is 1. The Kier molecular flexibility index (Phi) is 5.05. The highest BCUT2D eigenvalue weighted by molar-refractivity contribution is 8.78. The van der Waals surface area contributed by atoms with Crippen LogP contribution in [-0.2, 0) is 9.59 Å². The Bertz CT molecular complexity index is 978. The molecule has 0 N–H and O–H groups in total. The van der Waals surface area contributed by atoms with Crippen LogP contribution in [0.2, 0.25) is 0 Å². The molecule has 2 amide bonds. The highest BCUT2D eigenvalue weighted by atomic mass is 33.1. The predicted molar refractivity (Wildman–Crippen MR) is 118 cm³/mol. The standard InChI is InChI=1S/C22H25N3O4S2/c1-3-5-16(14-6-9-17-18(12-14)29-13-28-17)25-19(26)21(2)24(15-7-8-15)20(27)22(25,31-30-21)10-4-11-23/h6,9,12,15-16H,3-5,7-8,10,13H2,1-2H3. The van der Waals surface area contributed by atoms with E-state index in [-0.39, 0.29) is 37.1 Å². The Morgan fingerprint density at radius 3 is 2.71 bits per heavy atom. The van der Waals surface area contributed by atoms with E-state index in [2.05, 4.69) is 13.0 Å². The molecule has 164 valence electrons. The highest BCUT2D eigenvalue weighted by Gasteiger charge is 2.70. The smallest absolute Gasteiger partial charge is 0.261 e. The number of rotatable bonds is 7. The lowest BCUT2D eigenvalue weighted by molar-refractivity contribution is -0.171. The predicted octanol–water partition coefficient (Wildman–Crippen LogP) is 4.20. The van der Waals surface area contributed by atoms with Gasteiger partial charge < -0.3 is 19.3 Å². The molecule has 2 bridgehead atoms. The molecule has 4 heterocycles. The van der Waals surface area contributed by atoms with Gasteiger partial charge in [0.05, 0.1) is 12.1 Å². The average Bonchev–Trinajstić information content (AvgIpc) is 3.48. The van der Waals surface area contributed by atoms with Gasteiger partial charge in [0.15, 0.2) is 21.2 Å². The van der Waals surface area contributed by atoms with Gasteiger partial charge in [-0.2, -0.15) is 5.26 Å². The van der Waals surface area contributed by atoms with Gasteiger partial charge >= 0.3 is 0 Å². The number of hydrogen-bond acceptors (Lipinski definition) is 7. The van der Waals surface area contributed by atoms with E-state index in [1.54, 1.807) is 0 Å². The first kappa shape index (κ1) is 20.8. The van der Waals surface area contributed by atoms with Gasteiger partial charge in [-0.3, -0.25) is 9.59 Å². The summed E-state index contributed by atoms with van der Waals surface area (Å²) in [5, 5.41) is 9.34. The lowest BCUT2D eigenvalue weighted by Crippen LogP contribution is -2.77. The second-order valence-corrected chi connectivity index (χ2v) is 11.4. The zero-order valence-corrected chi connectivity index (χ0v) is 19.3. The maximum atomic E-state index is 14.0. The van der Waals surface area contributed by atoms with Crippen molar-refractivity contribution in [3.05, 3.63) is 23.8 Å². The number of carbonyl (C=O) groups is 2. The topological polar surface area (TPSA) is 82.9 Å². The van der Waals surface area contributed by atoms with Crippen LogP contribution in [0.4, 0.5) is 0 Å². The number of hydrogen-bond donors (Lipinski definition) is 0. The minimum atomic E-state index is -1.06. The van der Waals surface area contributed by atoms with Gasteiger partial charge in [0.25, 0.3) is 11.8 Å². The molecular weight excluding hydrogens is 434 g/mol. The average molecular weight is 460 g/mol. The second-order valence-electron chi connectivity index (χ2n) is 8.59. The molecule has 3 atom stereocenters. The number of ether oxygens (including phenoxy) is 2. The molecule has 4 aliphatic heterocycles. The zero-order valence-electron chi connectivity index (χ0n) is 17.6. The summed E-state index contributed by atoms with van der Waals surface area (Å²) in [5.41, 5.74) is 0.934. The van der Waals surface area contributed by atoms with Gasteiger partial charge in [0.1, 0.15) is 0 Å². The fourth-order valence-corrected chi connectivity index (χ4v) is 8.34. The third kappa shape index (κ3) is 3.02. The monoisotopic (exact) mass is 459 g/mol. The summed E-state index contributed by atoms with van der Waals surface area (Å²) >= 11 is 0. The van der Waals surface area contributed by atoms with Crippen LogP contribution < -0.4 is 9.47 Å². The molecule has 6 rings (SSSR count). The van der Waals surface area contributed by atoms with Crippen molar-refractivity contribution in [3.63, 3.8) is 0 Å². The van der Waals surface area contributed by atoms with Crippen molar-refractivity contribution in [1.29, 1.82) is 5.26 Å². The van der Waals surface area contributed by atoms with E-state index in [1.165, 1.54) is 21.6 Å². The van der Waals surface area contributed by atoms with Crippen molar-refractivity contribution in [2.24, 2.45) is 0 Å². The summed E-state index contributed by atoms with van der Waals surface area (Å²) in [4.78, 5) is 29.6. The van der Waals surface area contributed by atoms with E-state index in [0.29, 0.717) is 17.9 Å². The normalized spacial score (nSPS) is 30.0. The van der Waals surface area contributed by atoms with Gasteiger partial charge in [-0.05, 0) is 43.9 Å². The van der Waals surface area contributed by atoms with E-state index in [0.717, 1.165) is 31.2 Å². The Morgan fingerprint density at radius 1 is 1.23 bits per heavy atom. The zero-order chi connectivity index (χ0) is 21.8. The van der Waals surface area contributed by atoms with Crippen LogP contribution in [0.25, 0.3) is 0 Å². The Hall–Kier alpha value is -2.05. The van der Waals surface area contributed by atoms with E-state index in [1.807, 2.05) is 34.9 Å². The molecular formula is C22H25N3O4S2. The van der Waals surface area contributed by atoms with Crippen molar-refractivity contribution >= 4 is 33.4 Å². The number of fused-ring (bicyclic) bond motifs is 4. The van der Waals surface area contributed by atoms with E-state index in [9.17, 15) is 14.9 Å². The van der Waals surface area contributed by atoms with Crippen LogP contribution in [0.1, 0.15) is 64.0 Å². The summed E-state index contributed by atoms with van der Waals surface area (Å²) in [6.07, 6.45) is 4.00. The first-order valence-corrected chi connectivity index (χ1v) is 12.9. The third-order valence-electron chi connectivity index (χ3n) is 6.50. The number of nitrogens with zero attached hydrogens (tertiary/aromatic N) is 3. The molecule has 0 aromatic heterocycles. The summed E-state index contributed by atoms with van der Waals surface area (Å²) < 4.78 is 11.0. The molecule has 1 saturated carbocycles. The van der Waals surface area contributed by atoms with Gasteiger partial charge in [0.2, 0.25) is 6.79 Å². The van der Waals surface area contributed by atoms with Gasteiger partial charge in [-0.15, -0.1) is 0 Å². The molecule has 0 spiro atoms. The van der Waals surface area contributed by atoms with Crippen LogP contribution in [0, 0.1) is 11.3 Å². The molecule has 1 aliphatic carbocycles. The minimum absolute atomic E-state index is 0.0158. The number of benzene rings is 1. The Balaban J connectivity index is 1.61. The van der Waals surface area contributed by atoms with Crippen molar-refractivity contribution in [3.8, 4) is 17.6 Å². The second kappa shape index (κ2) is 7.52. The number of nitriles is 1. The molecule has 7 nitrogen and oxygen atoms in total. The van der Waals surface area contributed by atoms with E-state index in [4.69, 9.17) is 9.47 Å². The maximum Gasteiger partial charge on any atom is 0.261 e. The van der Waals surface area contributed by atoms with Gasteiger partial charge in [0, 0.05) is 18.9 Å². The molecule has 1 aromatic rings. The quantitative estimate of drug-likeness (QED) is 0.565. The van der Waals surface area contributed by atoms with Crippen molar-refractivity contribution in [2.45, 2.75) is 74.2 Å². The Labute approximate surface area is 189 Å². The maximum absolute atomic E-state index is 14.0. The Morgan fingerprint density at radius 2 is 2.00 bits per heavy atom. The SMILES string of the molecule is CCCC(c1ccc2c(c1)OCO2)N1C(=O)C2(C)SSC1(CCC#N)C(=O)N2C1CC1. The number of amides is 2. The molecule has 1 aromatic carbocycles. The first-order chi connectivity index (χ1) is 15.0. The lowest BCUT2D eigenvalue weighted by atomic mass is 9.92. The summed E-state index contributed by atoms with van der Waals surface area (Å²) in [6, 6.07) is 7.82. The molecule has 0 radical (unpaired) electrons. The number of carbonyl (C=O) groups excluding carboxylic acids is 2. The van der Waals surface area contributed by atoms with E-state index >= 15 is 0 Å². The van der Waals surface area contributed by atoms with Gasteiger partial charge in [-0.1, -0.05) is 41.0 Å². The fraction of sp³-hybridized carbons (Fsp3) is 0.591. The molecule has 3 saturated heterocycles. The molecule has 3 unspecified atom stereocenters. The van der Waals surface area contributed by atoms with Crippen molar-refractivity contribution in [1.82, 2.24) is 9.80 Å². The summed E-state index contributed by atoms with van der Waals surface area (Å²) in [6.45, 7) is 4.15. The largest absolute Gasteiger partial charge is 0.454 e. The van der Waals surface area contributed by atoms with Crippen LogP contribution >= 0.6 is 21.6 Å². The fourth-order valence-electron chi connectivity index (χ4n) is 4.85. The van der Waals surface area contributed by atoms with Crippen LogP contribution in [0.15, 0.2) is 18.2 Å². The van der Waals surface area contributed by atoms with Crippen LogP contribution in [-0.4, -0.2) is 44.2 Å². The summed E-state index contributed by atoms with van der Waals surface area (Å²) in [5.74, 6) is 1.31. The van der Waals surface area contributed by atoms with Crippen LogP contribution in [0.5, 0.6) is 11.5 Å². The molecule has 9 heteroatoms. The van der Waals surface area contributed by atoms with E-state index < -0.39 is 9.74 Å². The first-order valence-electron chi connectivity index (χ1n) is 10.8. The summed E-state index contributed by atoms with van der Waals surface area (Å²) in [7, 11) is 2.95. The highest BCUT2D eigenvalue weighted by Crippen LogP contribution is 2.64. The van der Waals surface area contributed by atoms with Gasteiger partial charge in [-0.25, -0.2) is 0 Å². The molecule has 5 aliphatic rings. The molecule has 31 heavy (non-hydrogen) atoms. The van der Waals surface area contributed by atoms with Crippen LogP contribution in [0.3, 0.4) is 0 Å². The van der Waals surface area contributed by atoms with Crippen molar-refractivity contribution < 1.29 is 19.1 Å².